The molecule has 0 bridgehead atoms. The lowest BCUT2D eigenvalue weighted by Crippen LogP contribution is -2.18. The van der Waals surface area contributed by atoms with Crippen LogP contribution in [-0.2, 0) is 13.1 Å². The van der Waals surface area contributed by atoms with E-state index in [1.54, 1.807) is 12.4 Å². The van der Waals surface area contributed by atoms with Gasteiger partial charge in [0.15, 0.2) is 5.82 Å². The molecule has 0 saturated carbocycles. The van der Waals surface area contributed by atoms with Crippen LogP contribution in [0.2, 0.25) is 0 Å². The molecule has 0 fully saturated rings. The number of nitrogens with one attached hydrogen (secondary N) is 1. The second kappa shape index (κ2) is 6.26. The average Bonchev–Trinajstić information content (AvgIpc) is 2.39. The fraction of sp³-hybridized carbons (Fsp3) is 0.286. The zero-order valence-electron chi connectivity index (χ0n) is 11.3. The van der Waals surface area contributed by atoms with Crippen molar-refractivity contribution in [3.63, 3.8) is 0 Å². The summed E-state index contributed by atoms with van der Waals surface area (Å²) in [6.45, 7) is 3.75. The van der Waals surface area contributed by atoms with E-state index >= 15 is 0 Å². The third-order valence-electron chi connectivity index (χ3n) is 2.82. The molecule has 2 rings (SSSR count). The highest BCUT2D eigenvalue weighted by Gasteiger charge is 2.04. The number of aryl methyl sites for hydroxylation is 1. The zero-order chi connectivity index (χ0) is 13.7. The summed E-state index contributed by atoms with van der Waals surface area (Å²) in [5.74, 6) is 5.83. The fourth-order valence-corrected chi connectivity index (χ4v) is 1.97. The van der Waals surface area contributed by atoms with Gasteiger partial charge in [-0.05, 0) is 19.5 Å². The number of hydrogen-bond acceptors (Lipinski definition) is 5. The Morgan fingerprint density at radius 2 is 2.05 bits per heavy atom. The van der Waals surface area contributed by atoms with Gasteiger partial charge < -0.3 is 5.43 Å². The van der Waals surface area contributed by atoms with Gasteiger partial charge in [-0.1, -0.05) is 29.8 Å². The Kier molecular flexibility index (Phi) is 4.43. The average molecular weight is 257 g/mol. The summed E-state index contributed by atoms with van der Waals surface area (Å²) < 4.78 is 0. The lowest BCUT2D eigenvalue weighted by atomic mass is 10.1. The minimum absolute atomic E-state index is 0.574. The van der Waals surface area contributed by atoms with Crippen molar-refractivity contribution in [2.45, 2.75) is 20.0 Å². The Bertz CT molecular complexity index is 524. The second-order valence-corrected chi connectivity index (χ2v) is 4.70. The van der Waals surface area contributed by atoms with Crippen molar-refractivity contribution in [3.05, 3.63) is 53.5 Å². The molecule has 2 aromatic rings. The molecule has 5 heteroatoms. The first-order chi connectivity index (χ1) is 9.17. The highest BCUT2D eigenvalue weighted by molar-refractivity contribution is 5.28. The maximum atomic E-state index is 5.25. The van der Waals surface area contributed by atoms with Gasteiger partial charge in [0.05, 0.1) is 18.1 Å². The lowest BCUT2D eigenvalue weighted by Gasteiger charge is -2.16. The first-order valence-electron chi connectivity index (χ1n) is 6.19. The Labute approximate surface area is 113 Å². The van der Waals surface area contributed by atoms with Crippen molar-refractivity contribution in [2.75, 3.05) is 12.5 Å². The number of benzene rings is 1. The largest absolute Gasteiger partial charge is 0.307 e. The van der Waals surface area contributed by atoms with Crippen molar-refractivity contribution in [1.29, 1.82) is 0 Å². The molecule has 0 aliphatic rings. The van der Waals surface area contributed by atoms with Gasteiger partial charge in [0.25, 0.3) is 0 Å². The van der Waals surface area contributed by atoms with E-state index in [9.17, 15) is 0 Å². The summed E-state index contributed by atoms with van der Waals surface area (Å²) in [6.07, 6.45) is 3.37. The monoisotopic (exact) mass is 257 g/mol. The maximum absolute atomic E-state index is 5.25. The Morgan fingerprint density at radius 3 is 2.68 bits per heavy atom. The van der Waals surface area contributed by atoms with E-state index in [0.29, 0.717) is 5.82 Å². The third kappa shape index (κ3) is 4.01. The van der Waals surface area contributed by atoms with E-state index < -0.39 is 0 Å². The molecule has 0 aliphatic heterocycles. The standard InChI is InChI=1S/C14H19N5/c1-11-4-3-5-12(6-11)9-19(2)10-13-7-17-14(18-15)8-16-13/h3-8H,9-10,15H2,1-2H3,(H,17,18). The molecule has 0 saturated heterocycles. The summed E-state index contributed by atoms with van der Waals surface area (Å²) in [5.41, 5.74) is 5.97. The number of nitrogens with zero attached hydrogens (tertiary/aromatic N) is 3. The molecule has 0 radical (unpaired) electrons. The first-order valence-corrected chi connectivity index (χ1v) is 6.19. The van der Waals surface area contributed by atoms with Gasteiger partial charge in [-0.15, -0.1) is 0 Å². The van der Waals surface area contributed by atoms with E-state index in [2.05, 4.69) is 58.5 Å². The molecule has 0 unspecified atom stereocenters. The second-order valence-electron chi connectivity index (χ2n) is 4.70. The van der Waals surface area contributed by atoms with Gasteiger partial charge in [-0.2, -0.15) is 0 Å². The van der Waals surface area contributed by atoms with Gasteiger partial charge in [0.1, 0.15) is 0 Å². The molecule has 0 spiro atoms. The molecule has 19 heavy (non-hydrogen) atoms. The fourth-order valence-electron chi connectivity index (χ4n) is 1.97. The number of anilines is 1. The summed E-state index contributed by atoms with van der Waals surface area (Å²) >= 11 is 0. The van der Waals surface area contributed by atoms with Crippen LogP contribution in [0.25, 0.3) is 0 Å². The number of nitrogens with two attached hydrogens (primary N) is 1. The van der Waals surface area contributed by atoms with E-state index in [1.807, 2.05) is 0 Å². The van der Waals surface area contributed by atoms with Crippen molar-refractivity contribution in [3.8, 4) is 0 Å². The summed E-state index contributed by atoms with van der Waals surface area (Å²) in [6, 6.07) is 8.52. The van der Waals surface area contributed by atoms with Crippen molar-refractivity contribution in [1.82, 2.24) is 14.9 Å². The number of hydrazine groups is 1. The van der Waals surface area contributed by atoms with Crippen LogP contribution in [0.1, 0.15) is 16.8 Å². The van der Waals surface area contributed by atoms with Crippen LogP contribution < -0.4 is 11.3 Å². The summed E-state index contributed by atoms with van der Waals surface area (Å²) in [7, 11) is 2.07. The molecule has 0 aliphatic carbocycles. The van der Waals surface area contributed by atoms with Crippen LogP contribution in [0.5, 0.6) is 0 Å². The van der Waals surface area contributed by atoms with Gasteiger partial charge in [0.2, 0.25) is 0 Å². The quantitative estimate of drug-likeness (QED) is 0.630. The van der Waals surface area contributed by atoms with Crippen LogP contribution in [0, 0.1) is 6.92 Å². The van der Waals surface area contributed by atoms with E-state index in [1.165, 1.54) is 11.1 Å². The van der Waals surface area contributed by atoms with E-state index in [-0.39, 0.29) is 0 Å². The minimum Gasteiger partial charge on any atom is -0.307 e. The molecular weight excluding hydrogens is 238 g/mol. The topological polar surface area (TPSA) is 67.1 Å². The molecule has 1 heterocycles. The molecule has 0 atom stereocenters. The smallest absolute Gasteiger partial charge is 0.158 e. The number of rotatable bonds is 5. The predicted octanol–water partition coefficient (Wildman–Crippen LogP) is 1.70. The first kappa shape index (κ1) is 13.5. The minimum atomic E-state index is 0.574. The van der Waals surface area contributed by atoms with Gasteiger partial charge in [-0.3, -0.25) is 9.88 Å². The van der Waals surface area contributed by atoms with Crippen LogP contribution >= 0.6 is 0 Å². The van der Waals surface area contributed by atoms with Crippen LogP contribution in [0.4, 0.5) is 5.82 Å². The number of nitrogen functional groups attached to an aromatic ring is 1. The Balaban J connectivity index is 1.95. The highest BCUT2D eigenvalue weighted by atomic mass is 15.3. The molecule has 0 amide bonds. The van der Waals surface area contributed by atoms with Crippen LogP contribution in [0.3, 0.4) is 0 Å². The zero-order valence-corrected chi connectivity index (χ0v) is 11.3. The maximum Gasteiger partial charge on any atom is 0.158 e. The molecule has 1 aromatic heterocycles. The molecule has 1 aromatic carbocycles. The van der Waals surface area contributed by atoms with Crippen LogP contribution in [-0.4, -0.2) is 21.9 Å². The van der Waals surface area contributed by atoms with E-state index in [4.69, 9.17) is 5.84 Å². The predicted molar refractivity (Wildman–Crippen MR) is 76.2 cm³/mol. The van der Waals surface area contributed by atoms with Crippen molar-refractivity contribution in [2.24, 2.45) is 5.84 Å². The molecular formula is C14H19N5. The Hall–Kier alpha value is -1.98. The van der Waals surface area contributed by atoms with Gasteiger partial charge in [-0.25, -0.2) is 10.8 Å². The number of hydrogen-bond donors (Lipinski definition) is 2. The normalized spacial score (nSPS) is 10.7. The highest BCUT2D eigenvalue weighted by Crippen LogP contribution is 2.09. The van der Waals surface area contributed by atoms with Crippen LogP contribution in [0.15, 0.2) is 36.7 Å². The van der Waals surface area contributed by atoms with Gasteiger partial charge in [0, 0.05) is 13.1 Å². The van der Waals surface area contributed by atoms with Crippen molar-refractivity contribution >= 4 is 5.82 Å². The molecule has 5 nitrogen and oxygen atoms in total. The molecule has 100 valence electrons. The number of aromatic nitrogens is 2. The summed E-state index contributed by atoms with van der Waals surface area (Å²) in [5, 5.41) is 0. The Morgan fingerprint density at radius 1 is 1.21 bits per heavy atom. The van der Waals surface area contributed by atoms with E-state index in [0.717, 1.165) is 18.8 Å². The SMILES string of the molecule is Cc1cccc(CN(C)Cc2cnc(NN)cn2)c1. The lowest BCUT2D eigenvalue weighted by molar-refractivity contribution is 0.314. The summed E-state index contributed by atoms with van der Waals surface area (Å²) in [4.78, 5) is 10.7. The third-order valence-corrected chi connectivity index (χ3v) is 2.82. The molecule has 3 N–H and O–H groups in total. The van der Waals surface area contributed by atoms with Crippen molar-refractivity contribution < 1.29 is 0 Å². The van der Waals surface area contributed by atoms with Gasteiger partial charge >= 0.3 is 0 Å².